The second kappa shape index (κ2) is 21.7. The molecule has 0 saturated carbocycles. The highest BCUT2D eigenvalue weighted by Crippen LogP contribution is 2.27. The molecule has 0 atom stereocenters. The molecule has 2 rings (SSSR count). The smallest absolute Gasteiger partial charge is 0.161 e. The van der Waals surface area contributed by atoms with Gasteiger partial charge < -0.3 is 23.7 Å². The molecule has 0 aliphatic rings. The SMILES string of the molecule is CCCCCCCCOc1ccccc1OCCOCCOc1ccccc1OCCCCCCCC. The minimum atomic E-state index is 0.468. The van der Waals surface area contributed by atoms with Crippen molar-refractivity contribution in [1.82, 2.24) is 0 Å². The number of unbranched alkanes of at least 4 members (excludes halogenated alkanes) is 10. The lowest BCUT2D eigenvalue weighted by Gasteiger charge is -2.14. The molecular weight excluding hydrogens is 464 g/mol. The normalized spacial score (nSPS) is 10.9. The first-order valence-electron chi connectivity index (χ1n) is 14.6. The van der Waals surface area contributed by atoms with Gasteiger partial charge in [0.2, 0.25) is 0 Å². The van der Waals surface area contributed by atoms with E-state index in [0.717, 1.165) is 49.1 Å². The van der Waals surface area contributed by atoms with Crippen molar-refractivity contribution in [3.05, 3.63) is 48.5 Å². The van der Waals surface area contributed by atoms with Crippen molar-refractivity contribution in [2.45, 2.75) is 90.9 Å². The fourth-order valence-corrected chi connectivity index (χ4v) is 4.03. The Hall–Kier alpha value is -2.40. The van der Waals surface area contributed by atoms with Crippen LogP contribution in [0.5, 0.6) is 23.0 Å². The van der Waals surface area contributed by atoms with Crippen LogP contribution in [0.15, 0.2) is 48.5 Å². The average Bonchev–Trinajstić information content (AvgIpc) is 2.93. The highest BCUT2D eigenvalue weighted by atomic mass is 16.6. The zero-order valence-electron chi connectivity index (χ0n) is 23.4. The van der Waals surface area contributed by atoms with Crippen LogP contribution in [0.1, 0.15) is 90.9 Å². The maximum Gasteiger partial charge on any atom is 0.161 e. The number of hydrogen-bond acceptors (Lipinski definition) is 5. The summed E-state index contributed by atoms with van der Waals surface area (Å²) >= 11 is 0. The van der Waals surface area contributed by atoms with Crippen molar-refractivity contribution in [1.29, 1.82) is 0 Å². The molecule has 2 aromatic rings. The maximum atomic E-state index is 5.96. The fraction of sp³-hybridized carbons (Fsp3) is 0.625. The first-order chi connectivity index (χ1) is 18.3. The van der Waals surface area contributed by atoms with E-state index in [1.165, 1.54) is 64.2 Å². The number of benzene rings is 2. The van der Waals surface area contributed by atoms with Gasteiger partial charge in [-0.3, -0.25) is 0 Å². The standard InChI is InChI=1S/C32H50O5/c1-3-5-7-9-11-17-23-34-29-19-13-15-21-31(29)36-27-25-33-26-28-37-32-22-16-14-20-30(32)35-24-18-12-10-8-6-4-2/h13-16,19-22H,3-12,17-18,23-28H2,1-2H3. The van der Waals surface area contributed by atoms with Crippen molar-refractivity contribution >= 4 is 0 Å². The van der Waals surface area contributed by atoms with Gasteiger partial charge in [0.05, 0.1) is 26.4 Å². The van der Waals surface area contributed by atoms with Gasteiger partial charge in [0.25, 0.3) is 0 Å². The van der Waals surface area contributed by atoms with Crippen molar-refractivity contribution in [3.63, 3.8) is 0 Å². The molecule has 0 heterocycles. The fourth-order valence-electron chi connectivity index (χ4n) is 4.03. The van der Waals surface area contributed by atoms with E-state index in [1.807, 2.05) is 48.5 Å². The van der Waals surface area contributed by atoms with Gasteiger partial charge in [0.1, 0.15) is 13.2 Å². The average molecular weight is 515 g/mol. The first kappa shape index (κ1) is 30.8. The first-order valence-corrected chi connectivity index (χ1v) is 14.6. The molecule has 37 heavy (non-hydrogen) atoms. The Kier molecular flexibility index (Phi) is 18.0. The summed E-state index contributed by atoms with van der Waals surface area (Å²) in [4.78, 5) is 0. The van der Waals surface area contributed by atoms with Gasteiger partial charge in [0, 0.05) is 0 Å². The molecule has 0 bridgehead atoms. The van der Waals surface area contributed by atoms with Crippen LogP contribution in [0.3, 0.4) is 0 Å². The van der Waals surface area contributed by atoms with Crippen molar-refractivity contribution in [2.75, 3.05) is 39.6 Å². The third-order valence-electron chi connectivity index (χ3n) is 6.18. The molecule has 0 radical (unpaired) electrons. The predicted octanol–water partition coefficient (Wildman–Crippen LogP) is 8.64. The van der Waals surface area contributed by atoms with Crippen LogP contribution in [0.2, 0.25) is 0 Å². The lowest BCUT2D eigenvalue weighted by molar-refractivity contribution is 0.0745. The number of rotatable bonds is 24. The van der Waals surface area contributed by atoms with Crippen LogP contribution in [-0.2, 0) is 4.74 Å². The third kappa shape index (κ3) is 14.8. The lowest BCUT2D eigenvalue weighted by Crippen LogP contribution is -2.13. The van der Waals surface area contributed by atoms with Crippen LogP contribution >= 0.6 is 0 Å². The summed E-state index contributed by atoms with van der Waals surface area (Å²) in [6.45, 7) is 7.86. The van der Waals surface area contributed by atoms with Crippen LogP contribution < -0.4 is 18.9 Å². The second-order valence-electron chi connectivity index (χ2n) is 9.44. The molecule has 0 aliphatic heterocycles. The van der Waals surface area contributed by atoms with E-state index >= 15 is 0 Å². The Bertz CT molecular complexity index is 729. The molecule has 0 aliphatic carbocycles. The van der Waals surface area contributed by atoms with E-state index in [9.17, 15) is 0 Å². The van der Waals surface area contributed by atoms with Crippen LogP contribution in [0.4, 0.5) is 0 Å². The Labute approximate surface area is 225 Å². The Morgan fingerprint density at radius 3 is 1.08 bits per heavy atom. The van der Waals surface area contributed by atoms with Crippen molar-refractivity contribution in [3.8, 4) is 23.0 Å². The summed E-state index contributed by atoms with van der Waals surface area (Å²) in [5.41, 5.74) is 0. The van der Waals surface area contributed by atoms with Gasteiger partial charge >= 0.3 is 0 Å². The molecule has 0 fully saturated rings. The van der Waals surface area contributed by atoms with Gasteiger partial charge in [-0.15, -0.1) is 0 Å². The summed E-state index contributed by atoms with van der Waals surface area (Å²) in [5, 5.41) is 0. The van der Waals surface area contributed by atoms with E-state index in [-0.39, 0.29) is 0 Å². The maximum absolute atomic E-state index is 5.96. The van der Waals surface area contributed by atoms with Crippen molar-refractivity contribution in [2.24, 2.45) is 0 Å². The van der Waals surface area contributed by atoms with E-state index in [4.69, 9.17) is 23.7 Å². The highest BCUT2D eigenvalue weighted by molar-refractivity contribution is 5.40. The molecule has 0 amide bonds. The zero-order valence-corrected chi connectivity index (χ0v) is 23.4. The lowest BCUT2D eigenvalue weighted by atomic mass is 10.1. The third-order valence-corrected chi connectivity index (χ3v) is 6.18. The Morgan fingerprint density at radius 1 is 0.378 bits per heavy atom. The molecule has 5 nitrogen and oxygen atoms in total. The van der Waals surface area contributed by atoms with E-state index < -0.39 is 0 Å². The molecule has 0 unspecified atom stereocenters. The summed E-state index contributed by atoms with van der Waals surface area (Å²) < 4.78 is 29.4. The minimum Gasteiger partial charge on any atom is -0.490 e. The van der Waals surface area contributed by atoms with Gasteiger partial charge in [-0.25, -0.2) is 0 Å². The quantitative estimate of drug-likeness (QED) is 0.131. The van der Waals surface area contributed by atoms with Crippen molar-refractivity contribution < 1.29 is 23.7 Å². The van der Waals surface area contributed by atoms with Crippen LogP contribution in [0.25, 0.3) is 0 Å². The van der Waals surface area contributed by atoms with Gasteiger partial charge in [-0.05, 0) is 37.1 Å². The molecule has 0 aromatic heterocycles. The molecule has 0 spiro atoms. The molecule has 208 valence electrons. The summed E-state index contributed by atoms with van der Waals surface area (Å²) in [6, 6.07) is 15.7. The monoisotopic (exact) mass is 514 g/mol. The van der Waals surface area contributed by atoms with E-state index in [0.29, 0.717) is 26.4 Å². The second-order valence-corrected chi connectivity index (χ2v) is 9.44. The van der Waals surface area contributed by atoms with E-state index in [1.54, 1.807) is 0 Å². The summed E-state index contributed by atoms with van der Waals surface area (Å²) in [6.07, 6.45) is 15.0. The zero-order chi connectivity index (χ0) is 26.2. The van der Waals surface area contributed by atoms with Gasteiger partial charge in [0.15, 0.2) is 23.0 Å². The predicted molar refractivity (Wildman–Crippen MR) is 152 cm³/mol. The summed E-state index contributed by atoms with van der Waals surface area (Å²) in [7, 11) is 0. The highest BCUT2D eigenvalue weighted by Gasteiger charge is 2.06. The molecule has 2 aromatic carbocycles. The number of ether oxygens (including phenoxy) is 5. The number of para-hydroxylation sites is 4. The Morgan fingerprint density at radius 2 is 0.703 bits per heavy atom. The largest absolute Gasteiger partial charge is 0.490 e. The molecule has 5 heteroatoms. The van der Waals surface area contributed by atoms with Gasteiger partial charge in [-0.2, -0.15) is 0 Å². The summed E-state index contributed by atoms with van der Waals surface area (Å²) in [5.74, 6) is 3.14. The minimum absolute atomic E-state index is 0.468. The van der Waals surface area contributed by atoms with E-state index in [2.05, 4.69) is 13.8 Å². The number of hydrogen-bond donors (Lipinski definition) is 0. The van der Waals surface area contributed by atoms with Gasteiger partial charge in [-0.1, -0.05) is 102 Å². The van der Waals surface area contributed by atoms with Crippen LogP contribution in [0, 0.1) is 0 Å². The molecule has 0 saturated heterocycles. The Balaban J connectivity index is 1.56. The molecule has 0 N–H and O–H groups in total. The topological polar surface area (TPSA) is 46.2 Å². The van der Waals surface area contributed by atoms with Crippen LogP contribution in [-0.4, -0.2) is 39.6 Å². The molecular formula is C32H50O5.